The van der Waals surface area contributed by atoms with Crippen molar-refractivity contribution in [1.29, 1.82) is 0 Å². The first-order chi connectivity index (χ1) is 8.49. The number of aryl methyl sites for hydroxylation is 1. The van der Waals surface area contributed by atoms with Crippen molar-refractivity contribution in [3.8, 4) is 0 Å². The molecule has 1 aromatic heterocycles. The lowest BCUT2D eigenvalue weighted by Gasteiger charge is -2.08. The van der Waals surface area contributed by atoms with Crippen molar-refractivity contribution in [3.63, 3.8) is 0 Å². The Morgan fingerprint density at radius 3 is 2.61 bits per heavy atom. The molecule has 0 atom stereocenters. The predicted octanol–water partition coefficient (Wildman–Crippen LogP) is 2.79. The molecule has 0 unspecified atom stereocenters. The summed E-state index contributed by atoms with van der Waals surface area (Å²) in [6.07, 6.45) is -2.56. The second kappa shape index (κ2) is 4.93. The van der Waals surface area contributed by atoms with Gasteiger partial charge in [0.2, 0.25) is 0 Å². The van der Waals surface area contributed by atoms with E-state index >= 15 is 0 Å². The first kappa shape index (κ1) is 12.8. The first-order valence-electron chi connectivity index (χ1n) is 5.20. The van der Waals surface area contributed by atoms with Crippen LogP contribution in [0.3, 0.4) is 0 Å². The molecular weight excluding hydrogens is 258 g/mol. The van der Waals surface area contributed by atoms with Gasteiger partial charge in [0, 0.05) is 23.2 Å². The van der Waals surface area contributed by atoms with Crippen LogP contribution in [0.1, 0.15) is 17.8 Å². The minimum Gasteiger partial charge on any atom is -0.399 e. The summed E-state index contributed by atoms with van der Waals surface area (Å²) in [5.41, 5.74) is 5.76. The number of aromatic nitrogens is 3. The number of alkyl halides is 2. The van der Waals surface area contributed by atoms with Gasteiger partial charge in [-0.3, -0.25) is 0 Å². The van der Waals surface area contributed by atoms with Crippen LogP contribution in [-0.4, -0.2) is 14.8 Å². The monoisotopic (exact) mass is 270 g/mol. The molecule has 0 aliphatic heterocycles. The molecule has 0 amide bonds. The van der Waals surface area contributed by atoms with E-state index in [0.29, 0.717) is 15.7 Å². The Kier molecular flexibility index (Phi) is 3.51. The van der Waals surface area contributed by atoms with Gasteiger partial charge in [-0.15, -0.1) is 10.2 Å². The molecule has 4 nitrogen and oxygen atoms in total. The highest BCUT2D eigenvalue weighted by molar-refractivity contribution is 7.99. The molecule has 2 N–H and O–H groups in total. The van der Waals surface area contributed by atoms with Gasteiger partial charge in [0.05, 0.1) is 0 Å². The van der Waals surface area contributed by atoms with Gasteiger partial charge in [-0.1, -0.05) is 0 Å². The van der Waals surface area contributed by atoms with Gasteiger partial charge >= 0.3 is 0 Å². The van der Waals surface area contributed by atoms with Crippen LogP contribution in [0.2, 0.25) is 0 Å². The lowest BCUT2D eigenvalue weighted by molar-refractivity contribution is 0.148. The van der Waals surface area contributed by atoms with Crippen LogP contribution in [0.5, 0.6) is 0 Å². The molecule has 0 radical (unpaired) electrons. The maximum Gasteiger partial charge on any atom is 0.265 e. The van der Waals surface area contributed by atoms with Crippen molar-refractivity contribution in [3.05, 3.63) is 29.6 Å². The Morgan fingerprint density at radius 1 is 1.33 bits per heavy atom. The summed E-state index contributed by atoms with van der Waals surface area (Å²) >= 11 is 1.15. The zero-order chi connectivity index (χ0) is 13.3. The van der Waals surface area contributed by atoms with Crippen LogP contribution in [0.15, 0.2) is 28.3 Å². The number of nitrogen functional groups attached to an aromatic ring is 1. The van der Waals surface area contributed by atoms with Crippen molar-refractivity contribution in [2.24, 2.45) is 7.05 Å². The van der Waals surface area contributed by atoms with E-state index in [9.17, 15) is 8.78 Å². The number of hydrogen-bond donors (Lipinski definition) is 1. The van der Waals surface area contributed by atoms with E-state index in [1.54, 1.807) is 30.7 Å². The number of nitrogens with two attached hydrogens (primary N) is 1. The molecule has 1 heterocycles. The van der Waals surface area contributed by atoms with Crippen LogP contribution in [0, 0.1) is 6.92 Å². The number of halogens is 2. The predicted molar refractivity (Wildman–Crippen MR) is 65.7 cm³/mol. The molecule has 2 rings (SSSR count). The number of benzene rings is 1. The largest absolute Gasteiger partial charge is 0.399 e. The molecule has 0 spiro atoms. The van der Waals surface area contributed by atoms with Gasteiger partial charge in [0.25, 0.3) is 6.43 Å². The third-order valence-electron chi connectivity index (χ3n) is 2.52. The van der Waals surface area contributed by atoms with Gasteiger partial charge in [-0.05, 0) is 36.9 Å². The summed E-state index contributed by atoms with van der Waals surface area (Å²) in [5.74, 6) is 0.728. The molecule has 18 heavy (non-hydrogen) atoms. The van der Waals surface area contributed by atoms with Gasteiger partial charge in [0.1, 0.15) is 5.82 Å². The SMILES string of the molecule is Cc1nnc(Sc2ccc(N)cc2C(F)F)n1C. The van der Waals surface area contributed by atoms with Crippen LogP contribution in [-0.2, 0) is 7.05 Å². The lowest BCUT2D eigenvalue weighted by atomic mass is 10.2. The average Bonchev–Trinajstić information content (AvgIpc) is 2.63. The molecule has 1 aromatic carbocycles. The van der Waals surface area contributed by atoms with E-state index in [1.165, 1.54) is 6.07 Å². The molecular formula is C11H12F2N4S. The van der Waals surface area contributed by atoms with Gasteiger partial charge in [-0.25, -0.2) is 8.78 Å². The standard InChI is InChI=1S/C11H12F2N4S/c1-6-15-16-11(17(6)2)18-9-4-3-7(14)5-8(9)10(12)13/h3-5,10H,14H2,1-2H3. The number of anilines is 1. The molecule has 0 saturated heterocycles. The van der Waals surface area contributed by atoms with Crippen molar-refractivity contribution >= 4 is 17.4 Å². The van der Waals surface area contributed by atoms with Crippen molar-refractivity contribution in [1.82, 2.24) is 14.8 Å². The molecule has 0 bridgehead atoms. The highest BCUT2D eigenvalue weighted by Gasteiger charge is 2.16. The zero-order valence-electron chi connectivity index (χ0n) is 9.89. The Hall–Kier alpha value is -1.63. The molecule has 0 aliphatic carbocycles. The van der Waals surface area contributed by atoms with Crippen LogP contribution in [0.25, 0.3) is 0 Å². The highest BCUT2D eigenvalue weighted by Crippen LogP contribution is 2.35. The minimum absolute atomic E-state index is 0.0827. The third-order valence-corrected chi connectivity index (χ3v) is 3.65. The van der Waals surface area contributed by atoms with Crippen molar-refractivity contribution in [2.75, 3.05) is 5.73 Å². The lowest BCUT2D eigenvalue weighted by Crippen LogP contribution is -1.96. The van der Waals surface area contributed by atoms with E-state index < -0.39 is 6.43 Å². The van der Waals surface area contributed by atoms with E-state index in [4.69, 9.17) is 5.73 Å². The summed E-state index contributed by atoms with van der Waals surface area (Å²) in [5, 5.41) is 8.39. The summed E-state index contributed by atoms with van der Waals surface area (Å²) in [7, 11) is 1.79. The van der Waals surface area contributed by atoms with Crippen LogP contribution < -0.4 is 5.73 Å². The minimum atomic E-state index is -2.56. The van der Waals surface area contributed by atoms with E-state index in [-0.39, 0.29) is 5.56 Å². The maximum absolute atomic E-state index is 12.9. The third kappa shape index (κ3) is 2.45. The zero-order valence-corrected chi connectivity index (χ0v) is 10.7. The fraction of sp³-hybridized carbons (Fsp3) is 0.273. The number of rotatable bonds is 3. The molecule has 0 fully saturated rings. The average molecular weight is 270 g/mol. The second-order valence-corrected chi connectivity index (χ2v) is 4.80. The highest BCUT2D eigenvalue weighted by atomic mass is 32.2. The molecule has 2 aromatic rings. The van der Waals surface area contributed by atoms with Crippen molar-refractivity contribution in [2.45, 2.75) is 23.4 Å². The van der Waals surface area contributed by atoms with Gasteiger partial charge in [-0.2, -0.15) is 0 Å². The Labute approximate surface area is 107 Å². The van der Waals surface area contributed by atoms with Gasteiger partial charge < -0.3 is 10.3 Å². The van der Waals surface area contributed by atoms with Crippen molar-refractivity contribution < 1.29 is 8.78 Å². The summed E-state index contributed by atoms with van der Waals surface area (Å²) in [4.78, 5) is 0.440. The molecule has 0 aliphatic rings. The number of nitrogens with zero attached hydrogens (tertiary/aromatic N) is 3. The molecule has 0 saturated carbocycles. The second-order valence-electron chi connectivity index (χ2n) is 3.79. The van der Waals surface area contributed by atoms with Gasteiger partial charge in [0.15, 0.2) is 5.16 Å². The summed E-state index contributed by atoms with van der Waals surface area (Å²) in [6.45, 7) is 1.80. The number of hydrogen-bond acceptors (Lipinski definition) is 4. The molecule has 96 valence electrons. The smallest absolute Gasteiger partial charge is 0.265 e. The summed E-state index contributed by atoms with van der Waals surface area (Å²) in [6, 6.07) is 4.46. The topological polar surface area (TPSA) is 56.7 Å². The quantitative estimate of drug-likeness (QED) is 0.871. The fourth-order valence-electron chi connectivity index (χ4n) is 1.41. The Bertz CT molecular complexity index is 568. The fourth-order valence-corrected chi connectivity index (χ4v) is 2.35. The van der Waals surface area contributed by atoms with Crippen LogP contribution in [0.4, 0.5) is 14.5 Å². The Morgan fingerprint density at radius 2 is 2.06 bits per heavy atom. The first-order valence-corrected chi connectivity index (χ1v) is 6.02. The van der Waals surface area contributed by atoms with E-state index in [0.717, 1.165) is 17.6 Å². The normalized spacial score (nSPS) is 11.2. The molecule has 7 heteroatoms. The maximum atomic E-state index is 12.9. The van der Waals surface area contributed by atoms with E-state index in [2.05, 4.69) is 10.2 Å². The summed E-state index contributed by atoms with van der Waals surface area (Å²) < 4.78 is 27.6. The van der Waals surface area contributed by atoms with Crippen LogP contribution >= 0.6 is 11.8 Å². The van der Waals surface area contributed by atoms with E-state index in [1.807, 2.05) is 0 Å². The Balaban J connectivity index is 2.37.